The van der Waals surface area contributed by atoms with Crippen molar-refractivity contribution >= 4 is 35.2 Å². The van der Waals surface area contributed by atoms with Crippen molar-refractivity contribution in [2.45, 2.75) is 0 Å². The van der Waals surface area contributed by atoms with Crippen LogP contribution in [0.25, 0.3) is 6.08 Å². The summed E-state index contributed by atoms with van der Waals surface area (Å²) >= 11 is 5.67. The van der Waals surface area contributed by atoms with E-state index in [4.69, 9.17) is 22.6 Å². The van der Waals surface area contributed by atoms with Crippen LogP contribution in [-0.4, -0.2) is 16.8 Å². The lowest BCUT2D eigenvalue weighted by Gasteiger charge is -2.05. The Balaban J connectivity index is 2.11. The number of carbonyl (C=O) groups excluding carboxylic acids is 2. The Morgan fingerprint density at radius 3 is 2.43 bits per heavy atom. The van der Waals surface area contributed by atoms with Gasteiger partial charge in [-0.05, 0) is 35.9 Å². The number of amides is 2. The van der Waals surface area contributed by atoms with Crippen LogP contribution in [0, 0.1) is 11.3 Å². The fourth-order valence-electron chi connectivity index (χ4n) is 1.70. The second-order valence-electron chi connectivity index (χ2n) is 4.48. The number of nitriles is 1. The SMILES string of the molecule is N#C/C(=C/c1ccc(NC(=O)c2ccc(Cl)nc2)cc1)C(N)=O. The molecule has 0 bridgehead atoms. The second-order valence-corrected chi connectivity index (χ2v) is 4.87. The highest BCUT2D eigenvalue weighted by atomic mass is 35.5. The van der Waals surface area contributed by atoms with Gasteiger partial charge in [-0.25, -0.2) is 4.98 Å². The van der Waals surface area contributed by atoms with E-state index in [1.807, 2.05) is 0 Å². The maximum atomic E-state index is 12.0. The minimum Gasteiger partial charge on any atom is -0.365 e. The quantitative estimate of drug-likeness (QED) is 0.510. The zero-order valence-corrected chi connectivity index (χ0v) is 12.5. The zero-order chi connectivity index (χ0) is 16.8. The summed E-state index contributed by atoms with van der Waals surface area (Å²) in [5.74, 6) is -1.12. The first-order valence-electron chi connectivity index (χ1n) is 6.44. The zero-order valence-electron chi connectivity index (χ0n) is 11.8. The van der Waals surface area contributed by atoms with Gasteiger partial charge in [0.2, 0.25) is 0 Å². The van der Waals surface area contributed by atoms with Crippen LogP contribution in [0.2, 0.25) is 5.15 Å². The minimum absolute atomic E-state index is 0.144. The average Bonchev–Trinajstić information content (AvgIpc) is 2.54. The summed E-state index contributed by atoms with van der Waals surface area (Å²) < 4.78 is 0. The van der Waals surface area contributed by atoms with Crippen LogP contribution in [-0.2, 0) is 4.79 Å². The van der Waals surface area contributed by atoms with Gasteiger partial charge in [-0.2, -0.15) is 5.26 Å². The minimum atomic E-state index is -0.792. The van der Waals surface area contributed by atoms with Crippen molar-refractivity contribution in [3.63, 3.8) is 0 Å². The number of halogens is 1. The topological polar surface area (TPSA) is 109 Å². The molecule has 0 aliphatic rings. The van der Waals surface area contributed by atoms with E-state index < -0.39 is 5.91 Å². The highest BCUT2D eigenvalue weighted by molar-refractivity contribution is 6.29. The van der Waals surface area contributed by atoms with Crippen LogP contribution < -0.4 is 11.1 Å². The van der Waals surface area contributed by atoms with Gasteiger partial charge in [-0.3, -0.25) is 9.59 Å². The Morgan fingerprint density at radius 1 is 1.22 bits per heavy atom. The number of aromatic nitrogens is 1. The second kappa shape index (κ2) is 7.20. The van der Waals surface area contributed by atoms with E-state index in [2.05, 4.69) is 10.3 Å². The number of benzene rings is 1. The molecular formula is C16H11ClN4O2. The molecule has 7 heteroatoms. The Hall–Kier alpha value is -3.17. The summed E-state index contributed by atoms with van der Waals surface area (Å²) in [6.07, 6.45) is 2.75. The molecule has 114 valence electrons. The maximum absolute atomic E-state index is 12.0. The molecule has 0 saturated heterocycles. The first-order valence-corrected chi connectivity index (χ1v) is 6.82. The monoisotopic (exact) mass is 326 g/mol. The van der Waals surface area contributed by atoms with Crippen molar-refractivity contribution in [3.05, 3.63) is 64.4 Å². The predicted octanol–water partition coefficient (Wildman–Crippen LogP) is 2.38. The van der Waals surface area contributed by atoms with Crippen LogP contribution in [0.1, 0.15) is 15.9 Å². The van der Waals surface area contributed by atoms with Crippen molar-refractivity contribution in [2.75, 3.05) is 5.32 Å². The third-order valence-electron chi connectivity index (χ3n) is 2.86. The normalized spacial score (nSPS) is 10.7. The van der Waals surface area contributed by atoms with E-state index in [0.717, 1.165) is 0 Å². The molecule has 0 aliphatic carbocycles. The summed E-state index contributed by atoms with van der Waals surface area (Å²) in [6, 6.07) is 11.4. The molecule has 0 aliphatic heterocycles. The first kappa shape index (κ1) is 16.2. The molecule has 0 unspecified atom stereocenters. The van der Waals surface area contributed by atoms with Crippen LogP contribution >= 0.6 is 11.6 Å². The van der Waals surface area contributed by atoms with Crippen molar-refractivity contribution in [1.29, 1.82) is 5.26 Å². The van der Waals surface area contributed by atoms with Crippen molar-refractivity contribution in [3.8, 4) is 6.07 Å². The van der Waals surface area contributed by atoms with E-state index in [1.165, 1.54) is 18.3 Å². The molecule has 2 amide bonds. The van der Waals surface area contributed by atoms with Crippen LogP contribution in [0.3, 0.4) is 0 Å². The summed E-state index contributed by atoms with van der Waals surface area (Å²) in [5.41, 5.74) is 6.47. The Kier molecular flexibility index (Phi) is 5.07. The van der Waals surface area contributed by atoms with Gasteiger partial charge >= 0.3 is 0 Å². The lowest BCUT2D eigenvalue weighted by molar-refractivity contribution is -0.114. The van der Waals surface area contributed by atoms with E-state index in [-0.39, 0.29) is 11.5 Å². The highest BCUT2D eigenvalue weighted by Crippen LogP contribution is 2.14. The molecule has 0 spiro atoms. The Bertz CT molecular complexity index is 805. The van der Waals surface area contributed by atoms with E-state index in [9.17, 15) is 9.59 Å². The standard InChI is InChI=1S/C16H11ClN4O2/c17-14-6-3-11(9-20-14)16(23)21-13-4-1-10(2-5-13)7-12(8-18)15(19)22/h1-7,9H,(H2,19,22)(H,21,23)/b12-7-. The molecule has 1 aromatic carbocycles. The average molecular weight is 327 g/mol. The summed E-state index contributed by atoms with van der Waals surface area (Å²) in [6.45, 7) is 0. The number of hydrogen-bond acceptors (Lipinski definition) is 4. The number of carbonyl (C=O) groups is 2. The summed E-state index contributed by atoms with van der Waals surface area (Å²) in [7, 11) is 0. The van der Waals surface area contributed by atoms with Crippen molar-refractivity contribution < 1.29 is 9.59 Å². The number of nitrogens with two attached hydrogens (primary N) is 1. The molecule has 23 heavy (non-hydrogen) atoms. The number of nitrogens with one attached hydrogen (secondary N) is 1. The Labute approximate surface area is 137 Å². The number of pyridine rings is 1. The van der Waals surface area contributed by atoms with Gasteiger partial charge < -0.3 is 11.1 Å². The molecule has 0 saturated carbocycles. The number of primary amides is 1. The van der Waals surface area contributed by atoms with Gasteiger partial charge in [-0.15, -0.1) is 0 Å². The van der Waals surface area contributed by atoms with Crippen LogP contribution in [0.5, 0.6) is 0 Å². The molecular weight excluding hydrogens is 316 g/mol. The molecule has 6 nitrogen and oxygen atoms in total. The molecule has 2 aromatic rings. The molecule has 2 rings (SSSR count). The van der Waals surface area contributed by atoms with Crippen LogP contribution in [0.4, 0.5) is 5.69 Å². The van der Waals surface area contributed by atoms with E-state index in [0.29, 0.717) is 22.0 Å². The highest BCUT2D eigenvalue weighted by Gasteiger charge is 2.07. The van der Waals surface area contributed by atoms with Gasteiger partial charge in [0.15, 0.2) is 0 Å². The molecule has 1 heterocycles. The number of hydrogen-bond donors (Lipinski definition) is 2. The van der Waals surface area contributed by atoms with Gasteiger partial charge in [0.25, 0.3) is 11.8 Å². The van der Waals surface area contributed by atoms with Crippen molar-refractivity contribution in [2.24, 2.45) is 5.73 Å². The van der Waals surface area contributed by atoms with Gasteiger partial charge in [0, 0.05) is 11.9 Å². The fraction of sp³-hybridized carbons (Fsp3) is 0. The number of anilines is 1. The lowest BCUT2D eigenvalue weighted by atomic mass is 10.1. The third-order valence-corrected chi connectivity index (χ3v) is 3.08. The predicted molar refractivity (Wildman–Crippen MR) is 86.4 cm³/mol. The van der Waals surface area contributed by atoms with E-state index >= 15 is 0 Å². The molecule has 3 N–H and O–H groups in total. The number of nitrogens with zero attached hydrogens (tertiary/aromatic N) is 2. The molecule has 0 radical (unpaired) electrons. The van der Waals surface area contributed by atoms with Gasteiger partial charge in [-0.1, -0.05) is 23.7 Å². The molecule has 0 atom stereocenters. The smallest absolute Gasteiger partial charge is 0.259 e. The molecule has 1 aromatic heterocycles. The summed E-state index contributed by atoms with van der Waals surface area (Å²) in [4.78, 5) is 26.8. The third kappa shape index (κ3) is 4.40. The largest absolute Gasteiger partial charge is 0.365 e. The maximum Gasteiger partial charge on any atom is 0.259 e. The molecule has 0 fully saturated rings. The van der Waals surface area contributed by atoms with Gasteiger partial charge in [0.05, 0.1) is 5.56 Å². The fourth-order valence-corrected chi connectivity index (χ4v) is 1.81. The lowest BCUT2D eigenvalue weighted by Crippen LogP contribution is -2.12. The Morgan fingerprint density at radius 2 is 1.91 bits per heavy atom. The number of rotatable bonds is 4. The van der Waals surface area contributed by atoms with E-state index in [1.54, 1.807) is 36.4 Å². The summed E-state index contributed by atoms with van der Waals surface area (Å²) in [5, 5.41) is 11.8. The first-order chi connectivity index (χ1) is 11.0. The van der Waals surface area contributed by atoms with Gasteiger partial charge in [0.1, 0.15) is 16.8 Å². The van der Waals surface area contributed by atoms with Crippen molar-refractivity contribution in [1.82, 2.24) is 4.98 Å². The van der Waals surface area contributed by atoms with Crippen LogP contribution in [0.15, 0.2) is 48.2 Å².